The van der Waals surface area contributed by atoms with Gasteiger partial charge in [0.05, 0.1) is 0 Å². The summed E-state index contributed by atoms with van der Waals surface area (Å²) in [4.78, 5) is 0. The summed E-state index contributed by atoms with van der Waals surface area (Å²) in [5.74, 6) is -2.62. The number of alkyl halides is 2. The average molecular weight is 166 g/mol. The minimum absolute atomic E-state index is 0.0469. The molecule has 0 heterocycles. The van der Waals surface area contributed by atoms with E-state index in [0.29, 0.717) is 6.42 Å². The Bertz CT molecular complexity index is 94.1. The standard InChI is InChI=1S/C8H16F2O/c1-3-4-5-6-8(9,10)7-11-2/h3-7H2,1-2H3. The van der Waals surface area contributed by atoms with Crippen LogP contribution in [0.15, 0.2) is 0 Å². The zero-order chi connectivity index (χ0) is 8.74. The molecule has 68 valence electrons. The first-order valence-electron chi connectivity index (χ1n) is 3.99. The molecule has 0 aliphatic rings. The number of hydrogen-bond donors (Lipinski definition) is 0. The molecule has 0 fully saturated rings. The van der Waals surface area contributed by atoms with E-state index in [2.05, 4.69) is 4.74 Å². The maximum absolute atomic E-state index is 12.6. The molecule has 0 aliphatic carbocycles. The Balaban J connectivity index is 3.38. The van der Waals surface area contributed by atoms with E-state index in [1.165, 1.54) is 7.11 Å². The Labute approximate surface area is 66.7 Å². The predicted octanol–water partition coefficient (Wildman–Crippen LogP) is 2.85. The second-order valence-electron chi connectivity index (χ2n) is 2.75. The second-order valence-corrected chi connectivity index (χ2v) is 2.75. The quantitative estimate of drug-likeness (QED) is 0.551. The van der Waals surface area contributed by atoms with Crippen molar-refractivity contribution in [3.8, 4) is 0 Å². The van der Waals surface area contributed by atoms with Crippen molar-refractivity contribution in [1.29, 1.82) is 0 Å². The van der Waals surface area contributed by atoms with Gasteiger partial charge in [-0.25, -0.2) is 8.78 Å². The molecule has 0 radical (unpaired) electrons. The van der Waals surface area contributed by atoms with Crippen LogP contribution in [0.2, 0.25) is 0 Å². The summed E-state index contributed by atoms with van der Waals surface area (Å²) in [5, 5.41) is 0. The average Bonchev–Trinajstić information content (AvgIpc) is 1.87. The highest BCUT2D eigenvalue weighted by Gasteiger charge is 2.27. The van der Waals surface area contributed by atoms with E-state index in [0.717, 1.165) is 12.8 Å². The van der Waals surface area contributed by atoms with Crippen LogP contribution in [-0.2, 0) is 4.74 Å². The fraction of sp³-hybridized carbons (Fsp3) is 1.00. The molecule has 0 rings (SSSR count). The lowest BCUT2D eigenvalue weighted by Crippen LogP contribution is -2.22. The van der Waals surface area contributed by atoms with E-state index in [1.54, 1.807) is 0 Å². The van der Waals surface area contributed by atoms with Gasteiger partial charge in [0.2, 0.25) is 0 Å². The summed E-state index contributed by atoms with van der Waals surface area (Å²) >= 11 is 0. The molecular formula is C8H16F2O. The minimum atomic E-state index is -2.62. The lowest BCUT2D eigenvalue weighted by molar-refractivity contribution is -0.0711. The molecule has 0 saturated carbocycles. The molecule has 1 nitrogen and oxygen atoms in total. The Morgan fingerprint density at radius 3 is 2.36 bits per heavy atom. The van der Waals surface area contributed by atoms with Crippen molar-refractivity contribution in [1.82, 2.24) is 0 Å². The Morgan fingerprint density at radius 2 is 1.91 bits per heavy atom. The van der Waals surface area contributed by atoms with Crippen LogP contribution in [-0.4, -0.2) is 19.6 Å². The topological polar surface area (TPSA) is 9.23 Å². The normalized spacial score (nSPS) is 12.0. The van der Waals surface area contributed by atoms with E-state index in [9.17, 15) is 8.78 Å². The van der Waals surface area contributed by atoms with Crippen LogP contribution in [0.1, 0.15) is 32.6 Å². The van der Waals surface area contributed by atoms with Crippen LogP contribution in [0, 0.1) is 0 Å². The summed E-state index contributed by atoms with van der Waals surface area (Å²) in [5.41, 5.74) is 0. The molecular weight excluding hydrogens is 150 g/mol. The monoisotopic (exact) mass is 166 g/mol. The van der Waals surface area contributed by atoms with E-state index in [4.69, 9.17) is 0 Å². The molecule has 0 bridgehead atoms. The van der Waals surface area contributed by atoms with Gasteiger partial charge in [0.1, 0.15) is 6.61 Å². The lowest BCUT2D eigenvalue weighted by Gasteiger charge is -2.14. The zero-order valence-electron chi connectivity index (χ0n) is 7.20. The fourth-order valence-electron chi connectivity index (χ4n) is 0.917. The molecule has 0 spiro atoms. The number of hydrogen-bond acceptors (Lipinski definition) is 1. The molecule has 0 saturated heterocycles. The molecule has 0 aromatic carbocycles. The number of methoxy groups -OCH3 is 1. The summed E-state index contributed by atoms with van der Waals surface area (Å²) in [7, 11) is 1.30. The first-order chi connectivity index (χ1) is 5.12. The highest BCUT2D eigenvalue weighted by Crippen LogP contribution is 2.21. The Morgan fingerprint density at radius 1 is 1.27 bits per heavy atom. The van der Waals surface area contributed by atoms with Gasteiger partial charge >= 0.3 is 0 Å². The number of unbranched alkanes of at least 4 members (excludes halogenated alkanes) is 2. The van der Waals surface area contributed by atoms with Gasteiger partial charge in [-0.1, -0.05) is 19.8 Å². The summed E-state index contributed by atoms with van der Waals surface area (Å²) < 4.78 is 29.6. The van der Waals surface area contributed by atoms with E-state index in [1.807, 2.05) is 6.92 Å². The van der Waals surface area contributed by atoms with Crippen LogP contribution in [0.5, 0.6) is 0 Å². The van der Waals surface area contributed by atoms with Crippen LogP contribution >= 0.6 is 0 Å². The Hall–Kier alpha value is -0.180. The molecule has 0 aliphatic heterocycles. The van der Waals surface area contributed by atoms with Gasteiger partial charge in [0.15, 0.2) is 0 Å². The van der Waals surface area contributed by atoms with E-state index < -0.39 is 12.5 Å². The van der Waals surface area contributed by atoms with Crippen LogP contribution < -0.4 is 0 Å². The summed E-state index contributed by atoms with van der Waals surface area (Å²) in [6.45, 7) is 1.55. The second kappa shape index (κ2) is 5.47. The molecule has 11 heavy (non-hydrogen) atoms. The van der Waals surface area contributed by atoms with Crippen molar-refractivity contribution in [3.05, 3.63) is 0 Å². The minimum Gasteiger partial charge on any atom is -0.378 e. The lowest BCUT2D eigenvalue weighted by atomic mass is 10.1. The number of halogens is 2. The maximum Gasteiger partial charge on any atom is 0.270 e. The molecule has 3 heteroatoms. The smallest absolute Gasteiger partial charge is 0.270 e. The van der Waals surface area contributed by atoms with Gasteiger partial charge in [-0.2, -0.15) is 0 Å². The SMILES string of the molecule is CCCCCC(F)(F)COC. The van der Waals surface area contributed by atoms with Crippen LogP contribution in [0.25, 0.3) is 0 Å². The third-order valence-electron chi connectivity index (χ3n) is 1.50. The van der Waals surface area contributed by atoms with Crippen molar-refractivity contribution < 1.29 is 13.5 Å². The third kappa shape index (κ3) is 6.23. The fourth-order valence-corrected chi connectivity index (χ4v) is 0.917. The summed E-state index contributed by atoms with van der Waals surface area (Å²) in [6.07, 6.45) is 2.39. The highest BCUT2D eigenvalue weighted by atomic mass is 19.3. The van der Waals surface area contributed by atoms with Crippen molar-refractivity contribution in [2.45, 2.75) is 38.5 Å². The molecule has 0 amide bonds. The van der Waals surface area contributed by atoms with Crippen molar-refractivity contribution in [2.24, 2.45) is 0 Å². The number of rotatable bonds is 6. The van der Waals surface area contributed by atoms with Crippen molar-refractivity contribution >= 4 is 0 Å². The van der Waals surface area contributed by atoms with Crippen molar-refractivity contribution in [3.63, 3.8) is 0 Å². The van der Waals surface area contributed by atoms with Gasteiger partial charge < -0.3 is 4.74 Å². The van der Waals surface area contributed by atoms with Gasteiger partial charge in [0, 0.05) is 13.5 Å². The largest absolute Gasteiger partial charge is 0.378 e. The van der Waals surface area contributed by atoms with Gasteiger partial charge in [-0.3, -0.25) is 0 Å². The zero-order valence-corrected chi connectivity index (χ0v) is 7.20. The molecule has 0 aromatic heterocycles. The molecule has 0 unspecified atom stereocenters. The molecule has 0 N–H and O–H groups in total. The van der Waals surface area contributed by atoms with E-state index in [-0.39, 0.29) is 6.42 Å². The first-order valence-corrected chi connectivity index (χ1v) is 3.99. The third-order valence-corrected chi connectivity index (χ3v) is 1.50. The maximum atomic E-state index is 12.6. The Kier molecular flexibility index (Phi) is 5.38. The molecule has 0 aromatic rings. The van der Waals surface area contributed by atoms with Gasteiger partial charge in [0.25, 0.3) is 5.92 Å². The van der Waals surface area contributed by atoms with Gasteiger partial charge in [-0.05, 0) is 6.42 Å². The van der Waals surface area contributed by atoms with Gasteiger partial charge in [-0.15, -0.1) is 0 Å². The van der Waals surface area contributed by atoms with Crippen LogP contribution in [0.4, 0.5) is 8.78 Å². The predicted molar refractivity (Wildman–Crippen MR) is 41.0 cm³/mol. The first kappa shape index (κ1) is 10.8. The molecule has 0 atom stereocenters. The summed E-state index contributed by atoms with van der Waals surface area (Å²) in [6, 6.07) is 0. The highest BCUT2D eigenvalue weighted by molar-refractivity contribution is 4.64. The van der Waals surface area contributed by atoms with E-state index >= 15 is 0 Å². The number of ether oxygens (including phenoxy) is 1. The van der Waals surface area contributed by atoms with Crippen molar-refractivity contribution in [2.75, 3.05) is 13.7 Å². The van der Waals surface area contributed by atoms with Crippen LogP contribution in [0.3, 0.4) is 0 Å².